The molecule has 0 radical (unpaired) electrons. The van der Waals surface area contributed by atoms with E-state index in [1.165, 1.54) is 0 Å². The van der Waals surface area contributed by atoms with Gasteiger partial charge in [-0.3, -0.25) is 14.5 Å². The van der Waals surface area contributed by atoms with Crippen molar-refractivity contribution in [2.24, 2.45) is 0 Å². The fraction of sp³-hybridized carbons (Fsp3) is 0.278. The number of nitrogens with zero attached hydrogens (tertiary/aromatic N) is 2. The Morgan fingerprint density at radius 1 is 1.17 bits per heavy atom. The summed E-state index contributed by atoms with van der Waals surface area (Å²) in [6.07, 6.45) is 3.74. The molecule has 0 saturated heterocycles. The van der Waals surface area contributed by atoms with E-state index < -0.39 is 5.54 Å². The number of pyridine rings is 1. The predicted octanol–water partition coefficient (Wildman–Crippen LogP) is 2.05. The first-order valence-corrected chi connectivity index (χ1v) is 7.59. The summed E-state index contributed by atoms with van der Waals surface area (Å²) in [5, 5.41) is 2.87. The molecule has 0 fully saturated rings. The molecule has 0 spiro atoms. The Balaban J connectivity index is 1.97. The number of aromatic nitrogens is 1. The van der Waals surface area contributed by atoms with Crippen LogP contribution in [0.5, 0.6) is 0 Å². The normalized spacial score (nSPS) is 15.8. The monoisotopic (exact) mass is 310 g/mol. The Kier molecular flexibility index (Phi) is 3.64. The number of rotatable bonds is 2. The van der Waals surface area contributed by atoms with Gasteiger partial charge in [0.2, 0.25) is 12.5 Å². The molecule has 1 aliphatic rings. The summed E-state index contributed by atoms with van der Waals surface area (Å²) in [4.78, 5) is 26.9. The molecule has 0 aliphatic carbocycles. The molecular formula is C18H20N3O2+. The van der Waals surface area contributed by atoms with Crippen LogP contribution in [0.2, 0.25) is 0 Å². The second-order valence-corrected chi connectivity index (χ2v) is 6.31. The van der Waals surface area contributed by atoms with Gasteiger partial charge in [0.1, 0.15) is 5.54 Å². The topological polar surface area (TPSA) is 53.3 Å². The smallest absolute Gasteiger partial charge is 0.293 e. The summed E-state index contributed by atoms with van der Waals surface area (Å²) in [6.45, 7) is 5.71. The Labute approximate surface area is 135 Å². The highest BCUT2D eigenvalue weighted by Crippen LogP contribution is 2.36. The van der Waals surface area contributed by atoms with Gasteiger partial charge in [-0.05, 0) is 38.5 Å². The second-order valence-electron chi connectivity index (χ2n) is 6.31. The van der Waals surface area contributed by atoms with Crippen LogP contribution in [0.15, 0.2) is 48.8 Å². The number of amides is 2. The van der Waals surface area contributed by atoms with Gasteiger partial charge in [0, 0.05) is 12.1 Å². The lowest BCUT2D eigenvalue weighted by molar-refractivity contribution is -0.684. The molecule has 2 aromatic rings. The zero-order valence-corrected chi connectivity index (χ0v) is 13.5. The quantitative estimate of drug-likeness (QED) is 0.863. The van der Waals surface area contributed by atoms with Crippen LogP contribution in [0, 0.1) is 6.92 Å². The molecule has 5 nitrogen and oxygen atoms in total. The van der Waals surface area contributed by atoms with Crippen molar-refractivity contribution in [1.82, 2.24) is 0 Å². The van der Waals surface area contributed by atoms with Crippen molar-refractivity contribution < 1.29 is 14.2 Å². The van der Waals surface area contributed by atoms with Crippen molar-refractivity contribution >= 4 is 23.2 Å². The summed E-state index contributed by atoms with van der Waals surface area (Å²) in [5.74, 6) is -0.301. The molecule has 0 atom stereocenters. The van der Waals surface area contributed by atoms with E-state index in [1.54, 1.807) is 18.7 Å². The highest BCUT2D eigenvalue weighted by atomic mass is 16.2. The highest BCUT2D eigenvalue weighted by Gasteiger charge is 2.44. The number of carbonyl (C=O) groups is 2. The highest BCUT2D eigenvalue weighted by molar-refractivity contribution is 6.13. The molecular weight excluding hydrogens is 290 g/mol. The number of nitrogens with one attached hydrogen (secondary N) is 1. The van der Waals surface area contributed by atoms with Gasteiger partial charge in [-0.15, -0.1) is 0 Å². The van der Waals surface area contributed by atoms with E-state index in [2.05, 4.69) is 5.32 Å². The van der Waals surface area contributed by atoms with Crippen LogP contribution in [-0.2, 0) is 16.1 Å². The molecule has 2 amide bonds. The first-order chi connectivity index (χ1) is 10.9. The van der Waals surface area contributed by atoms with Crippen LogP contribution in [0.1, 0.15) is 19.4 Å². The molecule has 3 rings (SSSR count). The average Bonchev–Trinajstić information content (AvgIpc) is 2.50. The Bertz CT molecular complexity index is 766. The first-order valence-electron chi connectivity index (χ1n) is 7.59. The van der Waals surface area contributed by atoms with Crippen molar-refractivity contribution in [2.75, 3.05) is 10.2 Å². The van der Waals surface area contributed by atoms with Crippen molar-refractivity contribution in [3.8, 4) is 0 Å². The number of hydrogen-bond acceptors (Lipinski definition) is 2. The fourth-order valence-corrected chi connectivity index (χ4v) is 2.76. The number of aryl methyl sites for hydroxylation is 1. The van der Waals surface area contributed by atoms with Gasteiger partial charge < -0.3 is 5.32 Å². The zero-order valence-electron chi connectivity index (χ0n) is 13.5. The van der Waals surface area contributed by atoms with E-state index in [9.17, 15) is 9.59 Å². The number of anilines is 2. The van der Waals surface area contributed by atoms with Crippen molar-refractivity contribution in [3.05, 3.63) is 54.4 Å². The van der Waals surface area contributed by atoms with E-state index in [-0.39, 0.29) is 18.4 Å². The summed E-state index contributed by atoms with van der Waals surface area (Å²) in [6, 6.07) is 11.3. The lowest BCUT2D eigenvalue weighted by Gasteiger charge is -2.41. The standard InChI is InChI=1S/C18H19N3O2/c1-13-8-10-20(11-9-13)12-16(22)21-15-7-5-4-6-14(15)19-17(23)18(21,2)3/h4-11H,12H2,1-3H3/p+1. The Morgan fingerprint density at radius 2 is 1.83 bits per heavy atom. The van der Waals surface area contributed by atoms with Gasteiger partial charge in [0.25, 0.3) is 5.91 Å². The molecule has 1 aliphatic heterocycles. The third-order valence-corrected chi connectivity index (χ3v) is 4.13. The molecule has 1 aromatic heterocycles. The molecule has 1 N–H and O–H groups in total. The molecule has 2 heterocycles. The van der Waals surface area contributed by atoms with E-state index in [1.807, 2.05) is 60.3 Å². The van der Waals surface area contributed by atoms with Gasteiger partial charge >= 0.3 is 0 Å². The van der Waals surface area contributed by atoms with Crippen molar-refractivity contribution in [2.45, 2.75) is 32.9 Å². The van der Waals surface area contributed by atoms with Gasteiger partial charge in [0.05, 0.1) is 11.4 Å². The van der Waals surface area contributed by atoms with E-state index >= 15 is 0 Å². The van der Waals surface area contributed by atoms with E-state index in [0.717, 1.165) is 11.3 Å². The molecule has 0 bridgehead atoms. The van der Waals surface area contributed by atoms with Crippen molar-refractivity contribution in [1.29, 1.82) is 0 Å². The predicted molar refractivity (Wildman–Crippen MR) is 88.0 cm³/mol. The van der Waals surface area contributed by atoms with E-state index in [4.69, 9.17) is 0 Å². The SMILES string of the molecule is Cc1cc[n+](CC(=O)N2c3ccccc3NC(=O)C2(C)C)cc1. The largest absolute Gasteiger partial charge is 0.322 e. The Hall–Kier alpha value is -2.69. The second kappa shape index (κ2) is 5.50. The van der Waals surface area contributed by atoms with Crippen molar-refractivity contribution in [3.63, 3.8) is 0 Å². The lowest BCUT2D eigenvalue weighted by Crippen LogP contribution is -2.60. The maximum Gasteiger partial charge on any atom is 0.293 e. The van der Waals surface area contributed by atoms with Crippen LogP contribution < -0.4 is 14.8 Å². The number of carbonyl (C=O) groups excluding carboxylic acids is 2. The van der Waals surface area contributed by atoms with Crippen LogP contribution in [-0.4, -0.2) is 17.4 Å². The first kappa shape index (κ1) is 15.2. The molecule has 0 saturated carbocycles. The number of para-hydroxylation sites is 2. The van der Waals surface area contributed by atoms with Crippen LogP contribution in [0.3, 0.4) is 0 Å². The molecule has 118 valence electrons. The van der Waals surface area contributed by atoms with Gasteiger partial charge in [-0.25, -0.2) is 0 Å². The number of fused-ring (bicyclic) bond motifs is 1. The molecule has 0 unspecified atom stereocenters. The van der Waals surface area contributed by atoms with Crippen LogP contribution in [0.4, 0.5) is 11.4 Å². The summed E-state index contributed by atoms with van der Waals surface area (Å²) in [7, 11) is 0. The third-order valence-electron chi connectivity index (χ3n) is 4.13. The lowest BCUT2D eigenvalue weighted by atomic mass is 9.96. The van der Waals surface area contributed by atoms with E-state index in [0.29, 0.717) is 5.69 Å². The van der Waals surface area contributed by atoms with Gasteiger partial charge in [-0.1, -0.05) is 12.1 Å². The number of benzene rings is 1. The molecule has 1 aromatic carbocycles. The van der Waals surface area contributed by atoms with Gasteiger partial charge in [0.15, 0.2) is 12.4 Å². The maximum atomic E-state index is 12.9. The van der Waals surface area contributed by atoms with Gasteiger partial charge in [-0.2, -0.15) is 4.57 Å². The third kappa shape index (κ3) is 2.70. The van der Waals surface area contributed by atoms with Crippen LogP contribution >= 0.6 is 0 Å². The molecule has 5 heteroatoms. The summed E-state index contributed by atoms with van der Waals surface area (Å²) in [5.41, 5.74) is 1.60. The summed E-state index contributed by atoms with van der Waals surface area (Å²) >= 11 is 0. The number of hydrogen-bond donors (Lipinski definition) is 1. The minimum atomic E-state index is -0.934. The van der Waals surface area contributed by atoms with Crippen LogP contribution in [0.25, 0.3) is 0 Å². The fourth-order valence-electron chi connectivity index (χ4n) is 2.76. The molecule has 23 heavy (non-hydrogen) atoms. The average molecular weight is 310 g/mol. The zero-order chi connectivity index (χ0) is 16.6. The Morgan fingerprint density at radius 3 is 2.52 bits per heavy atom. The minimum absolute atomic E-state index is 0.119. The minimum Gasteiger partial charge on any atom is -0.322 e. The maximum absolute atomic E-state index is 12.9. The summed E-state index contributed by atoms with van der Waals surface area (Å²) < 4.78 is 1.82.